The molecule has 0 aromatic carbocycles. The van der Waals surface area contributed by atoms with Gasteiger partial charge in [0.15, 0.2) is 0 Å². The van der Waals surface area contributed by atoms with Crippen molar-refractivity contribution in [2.45, 2.75) is 33.1 Å². The van der Waals surface area contributed by atoms with Crippen molar-refractivity contribution in [3.63, 3.8) is 0 Å². The van der Waals surface area contributed by atoms with Gasteiger partial charge in [0.1, 0.15) is 0 Å². The molecular formula is C8H17N. The molecule has 1 nitrogen and oxygen atoms in total. The zero-order valence-electron chi connectivity index (χ0n) is 6.54. The maximum absolute atomic E-state index is 3.38. The maximum atomic E-state index is 3.38. The van der Waals surface area contributed by atoms with Crippen LogP contribution in [0.1, 0.15) is 33.1 Å². The van der Waals surface area contributed by atoms with Crippen LogP contribution >= 0.6 is 0 Å². The van der Waals surface area contributed by atoms with Gasteiger partial charge in [0.2, 0.25) is 0 Å². The van der Waals surface area contributed by atoms with Gasteiger partial charge in [-0.1, -0.05) is 13.8 Å². The minimum absolute atomic E-state index is 0.833. The van der Waals surface area contributed by atoms with Crippen molar-refractivity contribution in [1.82, 2.24) is 5.32 Å². The van der Waals surface area contributed by atoms with E-state index in [9.17, 15) is 0 Å². The van der Waals surface area contributed by atoms with Crippen molar-refractivity contribution in [3.8, 4) is 0 Å². The van der Waals surface area contributed by atoms with Gasteiger partial charge in [-0.3, -0.25) is 0 Å². The fourth-order valence-electron chi connectivity index (χ4n) is 1.40. The molecule has 1 spiro atoms. The lowest BCUT2D eigenvalue weighted by molar-refractivity contribution is 0.574. The fourth-order valence-corrected chi connectivity index (χ4v) is 1.40. The third-order valence-corrected chi connectivity index (χ3v) is 2.29. The molecule has 0 unspecified atom stereocenters. The Morgan fingerprint density at radius 2 is 1.78 bits per heavy atom. The first-order valence-corrected chi connectivity index (χ1v) is 4.12. The van der Waals surface area contributed by atoms with Gasteiger partial charge in [0.05, 0.1) is 0 Å². The lowest BCUT2D eigenvalue weighted by Crippen LogP contribution is -2.08. The number of rotatable bonds is 0. The van der Waals surface area contributed by atoms with Crippen molar-refractivity contribution in [1.29, 1.82) is 0 Å². The second-order valence-corrected chi connectivity index (χ2v) is 2.93. The molecule has 0 amide bonds. The second-order valence-electron chi connectivity index (χ2n) is 2.93. The highest BCUT2D eigenvalue weighted by atomic mass is 14.9. The highest BCUT2D eigenvalue weighted by molar-refractivity contribution is 4.98. The minimum atomic E-state index is 0.833. The van der Waals surface area contributed by atoms with Gasteiger partial charge in [-0.2, -0.15) is 0 Å². The summed E-state index contributed by atoms with van der Waals surface area (Å²) in [4.78, 5) is 0. The topological polar surface area (TPSA) is 12.0 Å². The first kappa shape index (κ1) is 7.07. The first-order valence-electron chi connectivity index (χ1n) is 4.12. The van der Waals surface area contributed by atoms with E-state index in [0.29, 0.717) is 0 Å². The molecule has 2 rings (SSSR count). The van der Waals surface area contributed by atoms with Crippen LogP contribution in [0.2, 0.25) is 0 Å². The van der Waals surface area contributed by atoms with Gasteiger partial charge in [0.25, 0.3) is 0 Å². The van der Waals surface area contributed by atoms with Gasteiger partial charge in [-0.25, -0.2) is 0 Å². The Kier molecular flexibility index (Phi) is 2.12. The molecule has 1 saturated carbocycles. The van der Waals surface area contributed by atoms with Crippen LogP contribution in [0.5, 0.6) is 0 Å². The molecular weight excluding hydrogens is 110 g/mol. The van der Waals surface area contributed by atoms with Crippen molar-refractivity contribution < 1.29 is 0 Å². The van der Waals surface area contributed by atoms with E-state index in [0.717, 1.165) is 5.41 Å². The van der Waals surface area contributed by atoms with E-state index in [4.69, 9.17) is 0 Å². The molecule has 1 heterocycles. The van der Waals surface area contributed by atoms with Crippen LogP contribution in [0, 0.1) is 5.41 Å². The molecule has 1 heteroatoms. The molecule has 9 heavy (non-hydrogen) atoms. The van der Waals surface area contributed by atoms with Crippen molar-refractivity contribution >= 4 is 0 Å². The van der Waals surface area contributed by atoms with E-state index in [2.05, 4.69) is 5.32 Å². The van der Waals surface area contributed by atoms with E-state index in [-0.39, 0.29) is 0 Å². The van der Waals surface area contributed by atoms with Gasteiger partial charge in [0, 0.05) is 6.54 Å². The highest BCUT2D eigenvalue weighted by Gasteiger charge is 2.44. The van der Waals surface area contributed by atoms with Crippen molar-refractivity contribution in [2.24, 2.45) is 5.41 Å². The minimum Gasteiger partial charge on any atom is -0.316 e. The predicted molar refractivity (Wildman–Crippen MR) is 40.5 cm³/mol. The third kappa shape index (κ3) is 1.45. The summed E-state index contributed by atoms with van der Waals surface area (Å²) >= 11 is 0. The van der Waals surface area contributed by atoms with E-state index in [1.807, 2.05) is 13.8 Å². The average molecular weight is 127 g/mol. The summed E-state index contributed by atoms with van der Waals surface area (Å²) in [7, 11) is 0. The molecule has 1 saturated heterocycles. The molecule has 54 valence electrons. The molecule has 1 N–H and O–H groups in total. The Morgan fingerprint density at radius 3 is 2.00 bits per heavy atom. The molecule has 0 bridgehead atoms. The SMILES string of the molecule is C1CC2(CC2)CN1.CC. The zero-order chi connectivity index (χ0) is 6.74. The quantitative estimate of drug-likeness (QED) is 0.523. The molecule has 0 radical (unpaired) electrons. The van der Waals surface area contributed by atoms with Crippen LogP contribution < -0.4 is 5.32 Å². The summed E-state index contributed by atoms with van der Waals surface area (Å²) in [6.07, 6.45) is 4.45. The van der Waals surface area contributed by atoms with Crippen molar-refractivity contribution in [3.05, 3.63) is 0 Å². The Balaban J connectivity index is 0.000000186. The molecule has 1 aliphatic heterocycles. The molecule has 0 aromatic heterocycles. The third-order valence-electron chi connectivity index (χ3n) is 2.29. The number of nitrogens with one attached hydrogen (secondary N) is 1. The number of hydrogen-bond donors (Lipinski definition) is 1. The average Bonchev–Trinajstić information content (AvgIpc) is 2.46. The van der Waals surface area contributed by atoms with E-state index < -0.39 is 0 Å². The zero-order valence-corrected chi connectivity index (χ0v) is 6.54. The predicted octanol–water partition coefficient (Wildman–Crippen LogP) is 1.79. The van der Waals surface area contributed by atoms with Crippen LogP contribution in [-0.4, -0.2) is 13.1 Å². The Labute approximate surface area is 57.8 Å². The van der Waals surface area contributed by atoms with Crippen LogP contribution in [0.15, 0.2) is 0 Å². The summed E-state index contributed by atoms with van der Waals surface area (Å²) in [6, 6.07) is 0. The van der Waals surface area contributed by atoms with Crippen LogP contribution in [0.3, 0.4) is 0 Å². The van der Waals surface area contributed by atoms with Gasteiger partial charge in [-0.15, -0.1) is 0 Å². The van der Waals surface area contributed by atoms with Gasteiger partial charge >= 0.3 is 0 Å². The van der Waals surface area contributed by atoms with Gasteiger partial charge in [-0.05, 0) is 31.2 Å². The fraction of sp³-hybridized carbons (Fsp3) is 1.00. The second kappa shape index (κ2) is 2.70. The maximum Gasteiger partial charge on any atom is 0.000829 e. The Hall–Kier alpha value is -0.0400. The molecule has 0 atom stereocenters. The highest BCUT2D eigenvalue weighted by Crippen LogP contribution is 2.49. The van der Waals surface area contributed by atoms with E-state index in [1.165, 1.54) is 32.4 Å². The lowest BCUT2D eigenvalue weighted by atomic mass is 10.1. The van der Waals surface area contributed by atoms with Crippen LogP contribution in [-0.2, 0) is 0 Å². The molecule has 0 aromatic rings. The summed E-state index contributed by atoms with van der Waals surface area (Å²) < 4.78 is 0. The Bertz CT molecular complexity index is 76.6. The summed E-state index contributed by atoms with van der Waals surface area (Å²) in [5.41, 5.74) is 0.833. The monoisotopic (exact) mass is 127 g/mol. The van der Waals surface area contributed by atoms with Crippen molar-refractivity contribution in [2.75, 3.05) is 13.1 Å². The van der Waals surface area contributed by atoms with Gasteiger partial charge < -0.3 is 5.32 Å². The smallest absolute Gasteiger partial charge is 0.000829 e. The summed E-state index contributed by atoms with van der Waals surface area (Å²) in [6.45, 7) is 6.59. The normalized spacial score (nSPS) is 27.3. The van der Waals surface area contributed by atoms with E-state index in [1.54, 1.807) is 0 Å². The molecule has 2 fully saturated rings. The lowest BCUT2D eigenvalue weighted by Gasteiger charge is -1.96. The summed E-state index contributed by atoms with van der Waals surface area (Å²) in [5.74, 6) is 0. The molecule has 1 aliphatic carbocycles. The molecule has 2 aliphatic rings. The van der Waals surface area contributed by atoms with Crippen LogP contribution in [0.4, 0.5) is 0 Å². The van der Waals surface area contributed by atoms with Crippen LogP contribution in [0.25, 0.3) is 0 Å². The first-order chi connectivity index (χ1) is 4.41. The number of hydrogen-bond acceptors (Lipinski definition) is 1. The standard InChI is InChI=1S/C6H11N.C2H6/c1-2-6(1)3-4-7-5-6;1-2/h7H,1-5H2;1-2H3. The largest absolute Gasteiger partial charge is 0.316 e. The van der Waals surface area contributed by atoms with E-state index >= 15 is 0 Å². The Morgan fingerprint density at radius 1 is 1.11 bits per heavy atom. The summed E-state index contributed by atoms with van der Waals surface area (Å²) in [5, 5.41) is 3.38.